The molecule has 0 aliphatic rings. The fourth-order valence-corrected chi connectivity index (χ4v) is 0.568. The Bertz CT molecular complexity index is 147. The summed E-state index contributed by atoms with van der Waals surface area (Å²) < 4.78 is 58.4. The van der Waals surface area contributed by atoms with Crippen LogP contribution in [0.3, 0.4) is 0 Å². The van der Waals surface area contributed by atoms with Crippen molar-refractivity contribution in [3.05, 3.63) is 0 Å². The van der Waals surface area contributed by atoms with Crippen LogP contribution >= 0.6 is 11.6 Å². The minimum atomic E-state index is -5.04. The van der Waals surface area contributed by atoms with E-state index in [4.69, 9.17) is 10.2 Å². The molecule has 0 aliphatic heterocycles. The zero-order chi connectivity index (χ0) is 10.9. The fourth-order valence-electron chi connectivity index (χ4n) is 0.479. The third kappa shape index (κ3) is 4.58. The first-order valence-corrected chi connectivity index (χ1v) is 3.42. The monoisotopic (exact) mass is 228 g/mol. The molecule has 0 rings (SSSR count). The SMILES string of the molecule is OC(CC(O)C(F)(F)Cl)C(F)(F)F. The second-order valence-electron chi connectivity index (χ2n) is 2.35. The molecule has 0 aliphatic carbocycles. The molecule has 0 fully saturated rings. The minimum Gasteiger partial charge on any atom is -0.385 e. The summed E-state index contributed by atoms with van der Waals surface area (Å²) in [4.78, 5) is 0. The lowest BCUT2D eigenvalue weighted by molar-refractivity contribution is -0.216. The number of hydrogen-bond donors (Lipinski definition) is 2. The molecule has 13 heavy (non-hydrogen) atoms. The summed E-state index contributed by atoms with van der Waals surface area (Å²) in [5.41, 5.74) is 0. The van der Waals surface area contributed by atoms with Crippen LogP contribution in [0.5, 0.6) is 0 Å². The predicted molar refractivity (Wildman–Crippen MR) is 33.5 cm³/mol. The van der Waals surface area contributed by atoms with Crippen LogP contribution in [0.2, 0.25) is 0 Å². The first kappa shape index (κ1) is 12.9. The quantitative estimate of drug-likeness (QED) is 0.568. The van der Waals surface area contributed by atoms with Gasteiger partial charge in [-0.05, 0) is 11.6 Å². The maximum Gasteiger partial charge on any atom is 0.414 e. The highest BCUT2D eigenvalue weighted by Crippen LogP contribution is 2.30. The molecular weight excluding hydrogens is 222 g/mol. The van der Waals surface area contributed by atoms with Gasteiger partial charge in [-0.1, -0.05) is 0 Å². The lowest BCUT2D eigenvalue weighted by Gasteiger charge is -2.20. The highest BCUT2D eigenvalue weighted by Gasteiger charge is 2.45. The molecule has 2 nitrogen and oxygen atoms in total. The second-order valence-corrected chi connectivity index (χ2v) is 2.85. The van der Waals surface area contributed by atoms with Gasteiger partial charge < -0.3 is 10.2 Å². The molecule has 0 saturated carbocycles. The Morgan fingerprint density at radius 3 is 1.62 bits per heavy atom. The maximum atomic E-state index is 11.9. The van der Waals surface area contributed by atoms with Crippen molar-refractivity contribution in [2.24, 2.45) is 0 Å². The summed E-state index contributed by atoms with van der Waals surface area (Å²) in [6, 6.07) is 0. The highest BCUT2D eigenvalue weighted by molar-refractivity contribution is 6.22. The van der Waals surface area contributed by atoms with Crippen LogP contribution in [0.4, 0.5) is 22.0 Å². The molecule has 8 heteroatoms. The van der Waals surface area contributed by atoms with E-state index in [1.165, 1.54) is 0 Å². The van der Waals surface area contributed by atoms with Gasteiger partial charge in [0, 0.05) is 6.42 Å². The Morgan fingerprint density at radius 1 is 1.00 bits per heavy atom. The molecule has 2 unspecified atom stereocenters. The topological polar surface area (TPSA) is 40.5 Å². The van der Waals surface area contributed by atoms with Gasteiger partial charge in [-0.25, -0.2) is 0 Å². The number of halogens is 6. The highest BCUT2D eigenvalue weighted by atomic mass is 35.5. The molecule has 0 aromatic carbocycles. The van der Waals surface area contributed by atoms with Gasteiger partial charge >= 0.3 is 11.6 Å². The summed E-state index contributed by atoms with van der Waals surface area (Å²) in [6.45, 7) is 0. The van der Waals surface area contributed by atoms with Crippen molar-refractivity contribution in [2.75, 3.05) is 0 Å². The Morgan fingerprint density at radius 2 is 1.38 bits per heavy atom. The molecule has 80 valence electrons. The van der Waals surface area contributed by atoms with Crippen molar-refractivity contribution in [3.8, 4) is 0 Å². The molecule has 0 bridgehead atoms. The zero-order valence-corrected chi connectivity index (χ0v) is 6.78. The summed E-state index contributed by atoms with van der Waals surface area (Å²) in [5, 5.41) is 12.4. The van der Waals surface area contributed by atoms with E-state index in [9.17, 15) is 22.0 Å². The van der Waals surface area contributed by atoms with Crippen molar-refractivity contribution in [1.82, 2.24) is 0 Å². The first-order valence-electron chi connectivity index (χ1n) is 3.04. The van der Waals surface area contributed by atoms with E-state index < -0.39 is 30.2 Å². The van der Waals surface area contributed by atoms with Gasteiger partial charge in [0.15, 0.2) is 6.10 Å². The number of rotatable bonds is 3. The fraction of sp³-hybridized carbons (Fsp3) is 1.00. The van der Waals surface area contributed by atoms with Crippen molar-refractivity contribution in [3.63, 3.8) is 0 Å². The smallest absolute Gasteiger partial charge is 0.385 e. The van der Waals surface area contributed by atoms with E-state index in [0.717, 1.165) is 0 Å². The van der Waals surface area contributed by atoms with Crippen LogP contribution in [0, 0.1) is 0 Å². The van der Waals surface area contributed by atoms with Crippen molar-refractivity contribution in [2.45, 2.75) is 30.2 Å². The third-order valence-electron chi connectivity index (χ3n) is 1.20. The Kier molecular flexibility index (Phi) is 3.89. The number of aliphatic hydroxyl groups excluding tert-OH is 2. The van der Waals surface area contributed by atoms with Gasteiger partial charge in [0.25, 0.3) is 0 Å². The summed E-state index contributed by atoms with van der Waals surface area (Å²) in [5.74, 6) is 0. The van der Waals surface area contributed by atoms with Crippen molar-refractivity contribution in [1.29, 1.82) is 0 Å². The van der Waals surface area contributed by atoms with E-state index in [1.54, 1.807) is 0 Å². The van der Waals surface area contributed by atoms with Crippen molar-refractivity contribution < 1.29 is 32.2 Å². The number of alkyl halides is 6. The van der Waals surface area contributed by atoms with Gasteiger partial charge in [-0.15, -0.1) is 0 Å². The van der Waals surface area contributed by atoms with Crippen LogP contribution in [0.1, 0.15) is 6.42 Å². The van der Waals surface area contributed by atoms with Crippen LogP contribution in [-0.2, 0) is 0 Å². The van der Waals surface area contributed by atoms with E-state index in [1.807, 2.05) is 0 Å². The summed E-state index contributed by atoms with van der Waals surface area (Å²) in [7, 11) is 0. The van der Waals surface area contributed by atoms with Gasteiger partial charge in [0.05, 0.1) is 0 Å². The second kappa shape index (κ2) is 3.93. The standard InChI is InChI=1S/C5H6ClF5O2/c6-4(7,8)2(12)1-3(13)5(9,10)11/h2-3,12-13H,1H2. The summed E-state index contributed by atoms with van der Waals surface area (Å²) >= 11 is 4.22. The third-order valence-corrected chi connectivity index (χ3v) is 1.45. The van der Waals surface area contributed by atoms with E-state index in [-0.39, 0.29) is 0 Å². The molecular formula is C5H6ClF5O2. The van der Waals surface area contributed by atoms with E-state index >= 15 is 0 Å². The Balaban J connectivity index is 4.15. The van der Waals surface area contributed by atoms with Gasteiger partial charge in [-0.2, -0.15) is 22.0 Å². The average Bonchev–Trinajstić information content (AvgIpc) is 1.82. The molecule has 2 N–H and O–H groups in total. The lowest BCUT2D eigenvalue weighted by Crippen LogP contribution is -2.37. The molecule has 0 aromatic rings. The van der Waals surface area contributed by atoms with Gasteiger partial charge in [-0.3, -0.25) is 0 Å². The Hall–Kier alpha value is -0.140. The molecule has 0 aromatic heterocycles. The van der Waals surface area contributed by atoms with Crippen LogP contribution in [-0.4, -0.2) is 34.0 Å². The molecule has 0 saturated heterocycles. The van der Waals surface area contributed by atoms with Crippen LogP contribution in [0.15, 0.2) is 0 Å². The van der Waals surface area contributed by atoms with Crippen molar-refractivity contribution >= 4 is 11.6 Å². The average molecular weight is 229 g/mol. The predicted octanol–water partition coefficient (Wildman–Crippen LogP) is 1.49. The lowest BCUT2D eigenvalue weighted by atomic mass is 10.1. The molecule has 0 radical (unpaired) electrons. The van der Waals surface area contributed by atoms with E-state index in [0.29, 0.717) is 0 Å². The minimum absolute atomic E-state index is 1.56. The zero-order valence-electron chi connectivity index (χ0n) is 6.02. The molecule has 2 atom stereocenters. The van der Waals surface area contributed by atoms with Crippen LogP contribution in [0.25, 0.3) is 0 Å². The summed E-state index contributed by atoms with van der Waals surface area (Å²) in [6.07, 6.45) is -12.3. The van der Waals surface area contributed by atoms with Gasteiger partial charge in [0.1, 0.15) is 6.10 Å². The molecule has 0 heterocycles. The van der Waals surface area contributed by atoms with Crippen LogP contribution < -0.4 is 0 Å². The number of aliphatic hydroxyl groups is 2. The number of hydrogen-bond acceptors (Lipinski definition) is 2. The normalized spacial score (nSPS) is 18.5. The van der Waals surface area contributed by atoms with E-state index in [2.05, 4.69) is 11.6 Å². The first-order chi connectivity index (χ1) is 5.55. The Labute approximate surface area is 74.9 Å². The maximum absolute atomic E-state index is 11.9. The largest absolute Gasteiger partial charge is 0.414 e. The van der Waals surface area contributed by atoms with Gasteiger partial charge in [0.2, 0.25) is 0 Å². The molecule has 0 spiro atoms. The molecule has 0 amide bonds.